The minimum absolute atomic E-state index is 0.209. The molecule has 2 aliphatic rings. The van der Waals surface area contributed by atoms with E-state index in [9.17, 15) is 18.8 Å². The summed E-state index contributed by atoms with van der Waals surface area (Å²) < 4.78 is 20.1. The van der Waals surface area contributed by atoms with Crippen molar-refractivity contribution < 1.29 is 23.5 Å². The number of amides is 2. The lowest BCUT2D eigenvalue weighted by Gasteiger charge is -2.30. The van der Waals surface area contributed by atoms with Crippen LogP contribution in [-0.4, -0.2) is 61.9 Å². The van der Waals surface area contributed by atoms with Crippen LogP contribution in [0.15, 0.2) is 35.4 Å². The Bertz CT molecular complexity index is 1060. The van der Waals surface area contributed by atoms with Crippen molar-refractivity contribution in [1.29, 1.82) is 0 Å². The van der Waals surface area contributed by atoms with E-state index in [1.165, 1.54) is 29.2 Å². The van der Waals surface area contributed by atoms with Gasteiger partial charge < -0.3 is 15.0 Å². The summed E-state index contributed by atoms with van der Waals surface area (Å²) in [6, 6.07) is 8.24. The average molecular weight is 460 g/mol. The smallest absolute Gasteiger partial charge is 0.414 e. The molecule has 2 aromatic rings. The Morgan fingerprint density at radius 2 is 2.19 bits per heavy atom. The molecular formula is C21H22FN5O4S. The highest BCUT2D eigenvalue weighted by Gasteiger charge is 2.33. The number of nitrogens with zero attached hydrogens (tertiary/aromatic N) is 4. The third-order valence-electron chi connectivity index (χ3n) is 5.10. The molecule has 1 N–H and O–H groups in total. The Morgan fingerprint density at radius 3 is 2.84 bits per heavy atom. The Hall–Kier alpha value is -3.47. The predicted octanol–water partition coefficient (Wildman–Crippen LogP) is 2.43. The first-order valence-corrected chi connectivity index (χ1v) is 10.9. The molecule has 168 valence electrons. The summed E-state index contributed by atoms with van der Waals surface area (Å²) in [5.74, 6) is -0.688. The van der Waals surface area contributed by atoms with Crippen molar-refractivity contribution in [3.05, 3.63) is 45.9 Å². The van der Waals surface area contributed by atoms with Gasteiger partial charge in [0.05, 0.1) is 42.4 Å². The fourth-order valence-corrected chi connectivity index (χ4v) is 4.33. The summed E-state index contributed by atoms with van der Waals surface area (Å²) in [5, 5.41) is 8.85. The molecule has 0 radical (unpaired) electrons. The minimum Gasteiger partial charge on any atom is -0.442 e. The van der Waals surface area contributed by atoms with Gasteiger partial charge in [-0.05, 0) is 30.3 Å². The van der Waals surface area contributed by atoms with Gasteiger partial charge in [-0.2, -0.15) is 5.10 Å². The number of ether oxygens (including phenoxy) is 1. The summed E-state index contributed by atoms with van der Waals surface area (Å²) >= 11 is 1.42. The predicted molar refractivity (Wildman–Crippen MR) is 119 cm³/mol. The molecule has 0 aliphatic carbocycles. The maximum Gasteiger partial charge on any atom is 0.414 e. The average Bonchev–Trinajstić information content (AvgIpc) is 3.39. The first-order valence-electron chi connectivity index (χ1n) is 10.0. The summed E-state index contributed by atoms with van der Waals surface area (Å²) in [5.41, 5.74) is 0.750. The lowest BCUT2D eigenvalue weighted by atomic mass is 10.2. The Balaban J connectivity index is 1.39. The van der Waals surface area contributed by atoms with Crippen molar-refractivity contribution in [3.63, 3.8) is 0 Å². The van der Waals surface area contributed by atoms with Crippen LogP contribution in [0.1, 0.15) is 21.5 Å². The molecule has 1 atom stereocenters. The van der Waals surface area contributed by atoms with Crippen LogP contribution in [0, 0.1) is 5.82 Å². The van der Waals surface area contributed by atoms with Crippen molar-refractivity contribution in [1.82, 2.24) is 10.3 Å². The van der Waals surface area contributed by atoms with Crippen molar-refractivity contribution in [2.75, 3.05) is 36.0 Å². The van der Waals surface area contributed by atoms with Crippen LogP contribution in [-0.2, 0) is 16.1 Å². The largest absolute Gasteiger partial charge is 0.442 e. The van der Waals surface area contributed by atoms with Gasteiger partial charge in [-0.1, -0.05) is 0 Å². The van der Waals surface area contributed by atoms with Crippen LogP contribution in [0.3, 0.4) is 0 Å². The van der Waals surface area contributed by atoms with Crippen molar-refractivity contribution in [2.24, 2.45) is 5.10 Å². The summed E-state index contributed by atoms with van der Waals surface area (Å²) in [6.45, 7) is 3.54. The Kier molecular flexibility index (Phi) is 6.35. The van der Waals surface area contributed by atoms with Crippen LogP contribution in [0.5, 0.6) is 0 Å². The van der Waals surface area contributed by atoms with E-state index in [4.69, 9.17) is 4.74 Å². The molecule has 2 amide bonds. The molecule has 0 bridgehead atoms. The molecule has 9 nitrogen and oxygen atoms in total. The number of hydrogen-bond acceptors (Lipinski definition) is 8. The molecular weight excluding hydrogens is 437 g/mol. The summed E-state index contributed by atoms with van der Waals surface area (Å²) in [4.78, 5) is 38.8. The Labute approximate surface area is 188 Å². The topological polar surface area (TPSA) is 94.5 Å². The van der Waals surface area contributed by atoms with Crippen LogP contribution in [0.25, 0.3) is 0 Å². The van der Waals surface area contributed by atoms with E-state index < -0.39 is 18.0 Å². The van der Waals surface area contributed by atoms with Crippen LogP contribution in [0.4, 0.5) is 20.6 Å². The van der Waals surface area contributed by atoms with Gasteiger partial charge in [-0.15, -0.1) is 11.3 Å². The van der Waals surface area contributed by atoms with Crippen molar-refractivity contribution in [2.45, 2.75) is 19.6 Å². The molecule has 1 fully saturated rings. The molecule has 0 spiro atoms. The minimum atomic E-state index is -0.575. The van der Waals surface area contributed by atoms with Gasteiger partial charge in [-0.25, -0.2) is 9.18 Å². The second kappa shape index (κ2) is 9.35. The number of rotatable bonds is 7. The van der Waals surface area contributed by atoms with Crippen LogP contribution >= 0.6 is 11.3 Å². The van der Waals surface area contributed by atoms with E-state index >= 15 is 0 Å². The molecule has 32 heavy (non-hydrogen) atoms. The maximum atomic E-state index is 14.9. The molecule has 0 unspecified atom stereocenters. The second-order valence-electron chi connectivity index (χ2n) is 7.42. The third-order valence-corrected chi connectivity index (χ3v) is 6.09. The maximum absolute atomic E-state index is 14.9. The van der Waals surface area contributed by atoms with Gasteiger partial charge in [0.15, 0.2) is 6.29 Å². The number of benzene rings is 1. The normalized spacial score (nSPS) is 18.1. The van der Waals surface area contributed by atoms with Gasteiger partial charge in [0.25, 0.3) is 0 Å². The molecule has 4 rings (SSSR count). The SMILES string of the molecule is CC(=O)NC[C@H]1CN(c2ccc(N3C=NN(Cc4ccc(C=O)s4)CC3)c(F)c2)C(=O)O1. The number of nitrogens with one attached hydrogen (secondary N) is 1. The van der Waals surface area contributed by atoms with E-state index in [1.54, 1.807) is 29.4 Å². The highest BCUT2D eigenvalue weighted by molar-refractivity contribution is 7.13. The third kappa shape index (κ3) is 4.88. The lowest BCUT2D eigenvalue weighted by Crippen LogP contribution is -2.38. The van der Waals surface area contributed by atoms with Crippen LogP contribution in [0.2, 0.25) is 0 Å². The number of hydrogen-bond donors (Lipinski definition) is 1. The number of cyclic esters (lactones) is 1. The van der Waals surface area contributed by atoms with Gasteiger partial charge in [0, 0.05) is 18.3 Å². The zero-order chi connectivity index (χ0) is 22.7. The fourth-order valence-electron chi connectivity index (χ4n) is 3.49. The number of thiophene rings is 1. The van der Waals surface area contributed by atoms with Gasteiger partial charge in [-0.3, -0.25) is 19.5 Å². The molecule has 11 heteroatoms. The number of carbonyl (C=O) groups excluding carboxylic acids is 3. The zero-order valence-corrected chi connectivity index (χ0v) is 18.2. The number of halogens is 1. The van der Waals surface area contributed by atoms with E-state index in [0.717, 1.165) is 11.2 Å². The number of carbonyl (C=O) groups is 3. The van der Waals surface area contributed by atoms with Gasteiger partial charge >= 0.3 is 6.09 Å². The zero-order valence-electron chi connectivity index (χ0n) is 17.4. The van der Waals surface area contributed by atoms with E-state index in [2.05, 4.69) is 10.4 Å². The molecule has 0 saturated carbocycles. The fraction of sp³-hybridized carbons (Fsp3) is 0.333. The molecule has 3 heterocycles. The van der Waals surface area contributed by atoms with E-state index in [0.29, 0.717) is 35.9 Å². The van der Waals surface area contributed by atoms with Gasteiger partial charge in [0.2, 0.25) is 5.91 Å². The van der Waals surface area contributed by atoms with E-state index in [-0.39, 0.29) is 19.0 Å². The standard InChI is InChI=1S/C21H22FN5O4S/c1-14(29)23-9-16-10-27(21(30)31-16)15-2-5-20(19(22)8-15)25-6-7-26(24-13-25)11-17-3-4-18(12-28)32-17/h2-5,8,12-13,16H,6-7,9-11H2,1H3,(H,23,29)/t16-/m0/s1. The van der Waals surface area contributed by atoms with Crippen molar-refractivity contribution >= 4 is 47.3 Å². The highest BCUT2D eigenvalue weighted by atomic mass is 32.1. The quantitative estimate of drug-likeness (QED) is 0.639. The second-order valence-corrected chi connectivity index (χ2v) is 8.62. The molecule has 1 saturated heterocycles. The lowest BCUT2D eigenvalue weighted by molar-refractivity contribution is -0.119. The molecule has 2 aliphatic heterocycles. The van der Waals surface area contributed by atoms with Crippen molar-refractivity contribution in [3.8, 4) is 0 Å². The summed E-state index contributed by atoms with van der Waals surface area (Å²) in [7, 11) is 0. The van der Waals surface area contributed by atoms with Crippen LogP contribution < -0.4 is 15.1 Å². The first kappa shape index (κ1) is 21.8. The number of anilines is 2. The molecule has 1 aromatic heterocycles. The van der Waals surface area contributed by atoms with E-state index in [1.807, 2.05) is 11.1 Å². The van der Waals surface area contributed by atoms with Gasteiger partial charge in [0.1, 0.15) is 18.3 Å². The molecule has 1 aromatic carbocycles. The Morgan fingerprint density at radius 1 is 1.34 bits per heavy atom. The number of aldehydes is 1. The summed E-state index contributed by atoms with van der Waals surface area (Å²) in [6.07, 6.45) is 1.34. The monoisotopic (exact) mass is 459 g/mol. The highest BCUT2D eigenvalue weighted by Crippen LogP contribution is 2.28. The first-order chi connectivity index (χ1) is 15.4. The number of hydrazone groups is 1.